The molecule has 2 aromatic rings. The molecule has 0 unspecified atom stereocenters. The van der Waals surface area contributed by atoms with E-state index < -0.39 is 9.84 Å². The van der Waals surface area contributed by atoms with E-state index in [0.717, 1.165) is 6.26 Å². The molecule has 2 rings (SSSR count). The Morgan fingerprint density at radius 3 is 2.43 bits per heavy atom. The zero-order chi connectivity index (χ0) is 15.6. The Morgan fingerprint density at radius 1 is 1.19 bits per heavy atom. The van der Waals surface area contributed by atoms with E-state index in [1.807, 2.05) is 11.8 Å². The summed E-state index contributed by atoms with van der Waals surface area (Å²) in [6.07, 6.45) is 1.13. The highest BCUT2D eigenvalue weighted by Gasteiger charge is 2.14. The van der Waals surface area contributed by atoms with Crippen LogP contribution < -0.4 is 10.6 Å². The molecule has 6 heteroatoms. The van der Waals surface area contributed by atoms with Crippen LogP contribution in [0.25, 0.3) is 0 Å². The van der Waals surface area contributed by atoms with Crippen LogP contribution in [0.15, 0.2) is 47.4 Å². The summed E-state index contributed by atoms with van der Waals surface area (Å²) >= 11 is 0. The van der Waals surface area contributed by atoms with Crippen molar-refractivity contribution < 1.29 is 12.8 Å². The van der Waals surface area contributed by atoms with E-state index in [-0.39, 0.29) is 10.7 Å². The fourth-order valence-electron chi connectivity index (χ4n) is 2.15. The number of halogens is 1. The van der Waals surface area contributed by atoms with Crippen LogP contribution in [0.3, 0.4) is 0 Å². The summed E-state index contributed by atoms with van der Waals surface area (Å²) < 4.78 is 36.4. The quantitative estimate of drug-likeness (QED) is 0.882. The van der Waals surface area contributed by atoms with E-state index >= 15 is 0 Å². The number of hydrogen-bond acceptors (Lipinski definition) is 4. The number of sulfone groups is 1. The van der Waals surface area contributed by atoms with Crippen LogP contribution in [-0.4, -0.2) is 21.2 Å². The topological polar surface area (TPSA) is 63.4 Å². The number of rotatable bonds is 4. The highest BCUT2D eigenvalue weighted by molar-refractivity contribution is 7.90. The van der Waals surface area contributed by atoms with Crippen LogP contribution in [-0.2, 0) is 9.84 Å². The van der Waals surface area contributed by atoms with Crippen molar-refractivity contribution in [2.45, 2.75) is 11.8 Å². The first-order valence-electron chi connectivity index (χ1n) is 6.45. The van der Waals surface area contributed by atoms with Gasteiger partial charge in [0.25, 0.3) is 0 Å². The summed E-state index contributed by atoms with van der Waals surface area (Å²) in [6.45, 7) is 2.49. The minimum Gasteiger partial charge on any atom is -0.397 e. The lowest BCUT2D eigenvalue weighted by molar-refractivity contribution is 0.602. The third-order valence-corrected chi connectivity index (χ3v) is 4.26. The molecule has 112 valence electrons. The normalized spacial score (nSPS) is 11.4. The lowest BCUT2D eigenvalue weighted by Crippen LogP contribution is -2.18. The minimum atomic E-state index is -3.30. The standard InChI is InChI=1S/C15H17FN2O2S/c1-3-18(12-6-4-5-11(16)9-12)15-8-7-13(10-14(15)17)21(2,19)20/h4-10H,3,17H2,1-2H3. The zero-order valence-electron chi connectivity index (χ0n) is 11.9. The smallest absolute Gasteiger partial charge is 0.175 e. The van der Waals surface area contributed by atoms with E-state index in [4.69, 9.17) is 5.73 Å². The Morgan fingerprint density at radius 2 is 1.90 bits per heavy atom. The number of nitrogen functional groups attached to an aromatic ring is 1. The van der Waals surface area contributed by atoms with E-state index in [0.29, 0.717) is 23.6 Å². The molecule has 0 radical (unpaired) electrons. The first kappa shape index (κ1) is 15.3. The van der Waals surface area contributed by atoms with Crippen LogP contribution in [0, 0.1) is 5.82 Å². The van der Waals surface area contributed by atoms with Gasteiger partial charge in [0.15, 0.2) is 9.84 Å². The van der Waals surface area contributed by atoms with Gasteiger partial charge in [-0.1, -0.05) is 6.07 Å². The maximum atomic E-state index is 13.4. The number of hydrogen-bond donors (Lipinski definition) is 1. The molecular weight excluding hydrogens is 291 g/mol. The van der Waals surface area contributed by atoms with Crippen molar-refractivity contribution in [3.8, 4) is 0 Å². The second-order valence-corrected chi connectivity index (χ2v) is 6.73. The Kier molecular flexibility index (Phi) is 4.18. The summed E-state index contributed by atoms with van der Waals surface area (Å²) in [5, 5.41) is 0. The predicted molar refractivity (Wildman–Crippen MR) is 83.0 cm³/mol. The van der Waals surface area contributed by atoms with Gasteiger partial charge in [0.2, 0.25) is 0 Å². The Hall–Kier alpha value is -2.08. The molecule has 0 heterocycles. The zero-order valence-corrected chi connectivity index (χ0v) is 12.7. The average Bonchev–Trinajstić information content (AvgIpc) is 2.40. The van der Waals surface area contributed by atoms with Crippen LogP contribution in [0.2, 0.25) is 0 Å². The van der Waals surface area contributed by atoms with Gasteiger partial charge in [-0.25, -0.2) is 12.8 Å². The summed E-state index contributed by atoms with van der Waals surface area (Å²) in [4.78, 5) is 1.99. The predicted octanol–water partition coefficient (Wildman–Crippen LogP) is 2.97. The van der Waals surface area contributed by atoms with Gasteiger partial charge in [-0.2, -0.15) is 0 Å². The van der Waals surface area contributed by atoms with E-state index in [2.05, 4.69) is 0 Å². The average molecular weight is 308 g/mol. The fraction of sp³-hybridized carbons (Fsp3) is 0.200. The molecule has 0 amide bonds. The van der Waals surface area contributed by atoms with Crippen molar-refractivity contribution in [2.24, 2.45) is 0 Å². The maximum Gasteiger partial charge on any atom is 0.175 e. The van der Waals surface area contributed by atoms with Gasteiger partial charge in [-0.3, -0.25) is 0 Å². The van der Waals surface area contributed by atoms with Gasteiger partial charge in [0.1, 0.15) is 5.82 Å². The Bertz CT molecular complexity index is 760. The van der Waals surface area contributed by atoms with Crippen molar-refractivity contribution in [2.75, 3.05) is 23.4 Å². The summed E-state index contributed by atoms with van der Waals surface area (Å²) in [5.74, 6) is -0.336. The molecule has 0 saturated heterocycles. The van der Waals surface area contributed by atoms with E-state index in [1.54, 1.807) is 18.2 Å². The molecular formula is C15H17FN2O2S. The first-order valence-corrected chi connectivity index (χ1v) is 8.34. The van der Waals surface area contributed by atoms with E-state index in [1.165, 1.54) is 24.3 Å². The molecule has 0 atom stereocenters. The lowest BCUT2D eigenvalue weighted by Gasteiger charge is -2.25. The molecule has 4 nitrogen and oxygen atoms in total. The Labute approximate surface area is 123 Å². The summed E-state index contributed by atoms with van der Waals surface area (Å²) in [5.41, 5.74) is 7.62. The second kappa shape index (κ2) is 5.73. The van der Waals surface area contributed by atoms with Gasteiger partial charge in [0, 0.05) is 18.5 Å². The molecule has 0 aliphatic rings. The maximum absolute atomic E-state index is 13.4. The second-order valence-electron chi connectivity index (χ2n) is 4.72. The highest BCUT2D eigenvalue weighted by atomic mass is 32.2. The molecule has 2 aromatic carbocycles. The molecule has 0 spiro atoms. The molecule has 0 saturated carbocycles. The third-order valence-electron chi connectivity index (χ3n) is 3.15. The number of benzene rings is 2. The van der Waals surface area contributed by atoms with E-state index in [9.17, 15) is 12.8 Å². The molecule has 0 aliphatic heterocycles. The van der Waals surface area contributed by atoms with Crippen molar-refractivity contribution >= 4 is 26.9 Å². The van der Waals surface area contributed by atoms with Gasteiger partial charge < -0.3 is 10.6 Å². The number of anilines is 3. The third kappa shape index (κ3) is 3.33. The monoisotopic (exact) mass is 308 g/mol. The van der Waals surface area contributed by atoms with Crippen molar-refractivity contribution in [3.63, 3.8) is 0 Å². The van der Waals surface area contributed by atoms with Crippen LogP contribution in [0.4, 0.5) is 21.5 Å². The lowest BCUT2D eigenvalue weighted by atomic mass is 10.2. The van der Waals surface area contributed by atoms with Crippen molar-refractivity contribution in [1.82, 2.24) is 0 Å². The molecule has 21 heavy (non-hydrogen) atoms. The molecule has 0 fully saturated rings. The van der Waals surface area contributed by atoms with Gasteiger partial charge >= 0.3 is 0 Å². The largest absolute Gasteiger partial charge is 0.397 e. The van der Waals surface area contributed by atoms with Crippen LogP contribution >= 0.6 is 0 Å². The molecule has 0 aromatic heterocycles. The number of nitrogens with two attached hydrogens (primary N) is 1. The minimum absolute atomic E-state index is 0.166. The summed E-state index contributed by atoms with van der Waals surface area (Å²) in [7, 11) is -3.30. The first-order chi connectivity index (χ1) is 9.82. The number of nitrogens with zero attached hydrogens (tertiary/aromatic N) is 1. The van der Waals surface area contributed by atoms with Crippen molar-refractivity contribution in [3.05, 3.63) is 48.3 Å². The molecule has 2 N–H and O–H groups in total. The van der Waals surface area contributed by atoms with Crippen LogP contribution in [0.1, 0.15) is 6.92 Å². The molecule has 0 aliphatic carbocycles. The SMILES string of the molecule is CCN(c1cccc(F)c1)c1ccc(S(C)(=O)=O)cc1N. The van der Waals surface area contributed by atoms with Crippen LogP contribution in [0.5, 0.6) is 0 Å². The highest BCUT2D eigenvalue weighted by Crippen LogP contribution is 2.32. The van der Waals surface area contributed by atoms with Gasteiger partial charge in [-0.05, 0) is 43.3 Å². The summed E-state index contributed by atoms with van der Waals surface area (Å²) in [6, 6.07) is 10.7. The fourth-order valence-corrected chi connectivity index (χ4v) is 2.80. The van der Waals surface area contributed by atoms with Gasteiger partial charge in [-0.15, -0.1) is 0 Å². The Balaban J connectivity index is 2.49. The molecule has 0 bridgehead atoms. The van der Waals surface area contributed by atoms with Gasteiger partial charge in [0.05, 0.1) is 16.3 Å². The van der Waals surface area contributed by atoms with Crippen molar-refractivity contribution in [1.29, 1.82) is 0 Å².